The molecule has 1 fully saturated rings. The third-order valence-electron chi connectivity index (χ3n) is 8.52. The summed E-state index contributed by atoms with van der Waals surface area (Å²) in [6.45, 7) is 0.548. The SMILES string of the molecule is Cc1cc(N2CCOC[C@@H]2C(F)(F)F)cc(F)c1C(=O)NC(Cc1ccc(-n2c(=O)c3ccncc3n(C)c2=O)c2ncccc12)C(=O)O. The van der Waals surface area contributed by atoms with Gasteiger partial charge in [-0.2, -0.15) is 13.2 Å². The Balaban J connectivity index is 1.32. The summed E-state index contributed by atoms with van der Waals surface area (Å²) in [5.74, 6) is -3.65. The van der Waals surface area contributed by atoms with Gasteiger partial charge in [0, 0.05) is 43.5 Å². The van der Waals surface area contributed by atoms with Crippen molar-refractivity contribution >= 4 is 39.4 Å². The number of carboxylic acids is 1. The number of ether oxygens (including phenoxy) is 1. The van der Waals surface area contributed by atoms with Crippen molar-refractivity contribution in [2.24, 2.45) is 7.05 Å². The van der Waals surface area contributed by atoms with E-state index in [9.17, 15) is 37.5 Å². The van der Waals surface area contributed by atoms with Gasteiger partial charge in [-0.1, -0.05) is 12.1 Å². The van der Waals surface area contributed by atoms with Crippen LogP contribution in [0.5, 0.6) is 0 Å². The normalized spacial score (nSPS) is 15.8. The number of rotatable bonds is 7. The number of aromatic nitrogens is 4. The fraction of sp³-hybridized carbons (Fsp3) is 0.273. The molecule has 16 heteroatoms. The monoisotopic (exact) mass is 680 g/mol. The largest absolute Gasteiger partial charge is 0.480 e. The fourth-order valence-corrected chi connectivity index (χ4v) is 6.10. The number of morpholine rings is 1. The minimum Gasteiger partial charge on any atom is -0.480 e. The molecular formula is C33H28F4N6O6. The first kappa shape index (κ1) is 33.3. The highest BCUT2D eigenvalue weighted by Crippen LogP contribution is 2.33. The first-order chi connectivity index (χ1) is 23.3. The number of hydrogen-bond donors (Lipinski definition) is 2. The number of amides is 1. The molecule has 254 valence electrons. The number of alkyl halides is 3. The van der Waals surface area contributed by atoms with Gasteiger partial charge in [0.05, 0.1) is 47.1 Å². The zero-order chi connectivity index (χ0) is 35.2. The second-order valence-electron chi connectivity index (χ2n) is 11.5. The van der Waals surface area contributed by atoms with Crippen LogP contribution in [0.2, 0.25) is 0 Å². The maximum absolute atomic E-state index is 15.4. The topological polar surface area (TPSA) is 149 Å². The van der Waals surface area contributed by atoms with Crippen LogP contribution < -0.4 is 21.5 Å². The van der Waals surface area contributed by atoms with E-state index in [1.165, 1.54) is 61.4 Å². The van der Waals surface area contributed by atoms with Crippen LogP contribution >= 0.6 is 0 Å². The predicted octanol–water partition coefficient (Wildman–Crippen LogP) is 3.27. The number of nitrogens with one attached hydrogen (secondary N) is 1. The number of carbonyl (C=O) groups is 2. The van der Waals surface area contributed by atoms with E-state index in [1.54, 1.807) is 12.1 Å². The van der Waals surface area contributed by atoms with Gasteiger partial charge >= 0.3 is 17.8 Å². The second-order valence-corrected chi connectivity index (χ2v) is 11.5. The van der Waals surface area contributed by atoms with Gasteiger partial charge in [0.2, 0.25) is 0 Å². The molecule has 1 amide bonds. The van der Waals surface area contributed by atoms with Gasteiger partial charge in [-0.05, 0) is 48.4 Å². The molecule has 2 aromatic carbocycles. The number of aryl methyl sites for hydroxylation is 2. The Hall–Kier alpha value is -5.64. The number of carbonyl (C=O) groups excluding carboxylic acids is 1. The van der Waals surface area contributed by atoms with Crippen molar-refractivity contribution in [1.29, 1.82) is 0 Å². The Morgan fingerprint density at radius 3 is 2.61 bits per heavy atom. The molecule has 2 N–H and O–H groups in total. The average Bonchev–Trinajstić information content (AvgIpc) is 3.07. The number of benzene rings is 2. The van der Waals surface area contributed by atoms with Crippen molar-refractivity contribution < 1.29 is 37.0 Å². The molecule has 5 aromatic rings. The van der Waals surface area contributed by atoms with Crippen LogP contribution in [0.4, 0.5) is 23.2 Å². The molecule has 49 heavy (non-hydrogen) atoms. The van der Waals surface area contributed by atoms with Gasteiger partial charge in [0.15, 0.2) is 0 Å². The molecule has 6 rings (SSSR count). The lowest BCUT2D eigenvalue weighted by molar-refractivity contribution is -0.167. The highest BCUT2D eigenvalue weighted by atomic mass is 19.4. The maximum atomic E-state index is 15.4. The Labute approximate surface area is 274 Å². The summed E-state index contributed by atoms with van der Waals surface area (Å²) in [4.78, 5) is 61.8. The number of nitrogens with zero attached hydrogens (tertiary/aromatic N) is 5. The van der Waals surface area contributed by atoms with E-state index in [0.717, 1.165) is 15.5 Å². The molecule has 1 unspecified atom stereocenters. The van der Waals surface area contributed by atoms with Crippen molar-refractivity contribution in [3.8, 4) is 5.69 Å². The molecule has 3 aromatic heterocycles. The van der Waals surface area contributed by atoms with E-state index < -0.39 is 59.4 Å². The van der Waals surface area contributed by atoms with Crippen LogP contribution in [-0.2, 0) is 23.0 Å². The summed E-state index contributed by atoms with van der Waals surface area (Å²) < 4.78 is 63.5. The third kappa shape index (κ3) is 6.10. The average molecular weight is 681 g/mol. The lowest BCUT2D eigenvalue weighted by Crippen LogP contribution is -2.53. The smallest absolute Gasteiger partial charge is 0.411 e. The fourth-order valence-electron chi connectivity index (χ4n) is 6.10. The Bertz CT molecular complexity index is 2230. The van der Waals surface area contributed by atoms with E-state index in [4.69, 9.17) is 4.74 Å². The van der Waals surface area contributed by atoms with Crippen molar-refractivity contribution in [2.75, 3.05) is 24.7 Å². The lowest BCUT2D eigenvalue weighted by Gasteiger charge is -2.38. The van der Waals surface area contributed by atoms with Crippen molar-refractivity contribution in [1.82, 2.24) is 24.4 Å². The molecule has 0 bridgehead atoms. The Morgan fingerprint density at radius 1 is 1.12 bits per heavy atom. The number of fused-ring (bicyclic) bond motifs is 2. The second kappa shape index (κ2) is 12.8. The molecule has 1 aliphatic heterocycles. The molecule has 0 aliphatic carbocycles. The highest BCUT2D eigenvalue weighted by molar-refractivity contribution is 5.99. The summed E-state index contributed by atoms with van der Waals surface area (Å²) in [6, 6.07) is 6.09. The quantitative estimate of drug-likeness (QED) is 0.247. The van der Waals surface area contributed by atoms with Crippen LogP contribution in [0.1, 0.15) is 21.5 Å². The standard InChI is InChI=1S/C33H28F4N6O6/c1-17-12-19(42-10-11-49-16-26(42)33(35,36)37)14-22(34)27(17)29(44)40-23(31(46)47)13-18-5-6-24(28-20(18)4-3-8-39-28)43-30(45)21-7-9-38-15-25(21)41(2)32(43)48/h3-9,12,14-15,23,26H,10-11,13,16H2,1-2H3,(H,40,44)(H,46,47)/t23?,26-/m1/s1. The van der Waals surface area contributed by atoms with E-state index in [1.807, 2.05) is 0 Å². The zero-order valence-corrected chi connectivity index (χ0v) is 26.0. The number of halogens is 4. The molecular weight excluding hydrogens is 652 g/mol. The zero-order valence-electron chi connectivity index (χ0n) is 26.0. The Kier molecular flexibility index (Phi) is 8.66. The molecule has 2 atom stereocenters. The van der Waals surface area contributed by atoms with Crippen LogP contribution in [0, 0.1) is 12.7 Å². The van der Waals surface area contributed by atoms with Gasteiger partial charge in [0.1, 0.15) is 17.9 Å². The molecule has 1 aliphatic rings. The van der Waals surface area contributed by atoms with Crippen LogP contribution in [0.25, 0.3) is 27.5 Å². The number of pyridine rings is 2. The molecule has 0 saturated carbocycles. The minimum atomic E-state index is -4.65. The molecule has 12 nitrogen and oxygen atoms in total. The number of aliphatic carboxylic acids is 1. The first-order valence-electron chi connectivity index (χ1n) is 15.0. The molecule has 0 radical (unpaired) electrons. The van der Waals surface area contributed by atoms with E-state index >= 15 is 4.39 Å². The highest BCUT2D eigenvalue weighted by Gasteiger charge is 2.45. The summed E-state index contributed by atoms with van der Waals surface area (Å²) in [5, 5.41) is 13.0. The van der Waals surface area contributed by atoms with Crippen LogP contribution in [0.3, 0.4) is 0 Å². The summed E-state index contributed by atoms with van der Waals surface area (Å²) in [7, 11) is 1.49. The van der Waals surface area contributed by atoms with Crippen molar-refractivity contribution in [2.45, 2.75) is 31.6 Å². The third-order valence-corrected chi connectivity index (χ3v) is 8.52. The maximum Gasteiger partial charge on any atom is 0.411 e. The van der Waals surface area contributed by atoms with Crippen LogP contribution in [0.15, 0.2) is 70.6 Å². The van der Waals surface area contributed by atoms with Gasteiger partial charge < -0.3 is 20.1 Å². The predicted molar refractivity (Wildman–Crippen MR) is 170 cm³/mol. The minimum absolute atomic E-state index is 0.00115. The molecule has 4 heterocycles. The van der Waals surface area contributed by atoms with Gasteiger partial charge in [0.25, 0.3) is 11.5 Å². The van der Waals surface area contributed by atoms with Gasteiger partial charge in [-0.3, -0.25) is 24.1 Å². The lowest BCUT2D eigenvalue weighted by atomic mass is 9.99. The van der Waals surface area contributed by atoms with E-state index in [-0.39, 0.29) is 47.4 Å². The van der Waals surface area contributed by atoms with Crippen molar-refractivity contribution in [3.63, 3.8) is 0 Å². The Morgan fingerprint density at radius 2 is 1.90 bits per heavy atom. The summed E-state index contributed by atoms with van der Waals surface area (Å²) in [6.07, 6.45) is -0.689. The van der Waals surface area contributed by atoms with Gasteiger partial charge in [-0.15, -0.1) is 0 Å². The number of carboxylic acid groups (broad SMARTS) is 1. The van der Waals surface area contributed by atoms with Crippen molar-refractivity contribution in [3.05, 3.63) is 104 Å². The van der Waals surface area contributed by atoms with E-state index in [2.05, 4.69) is 15.3 Å². The first-order valence-corrected chi connectivity index (χ1v) is 15.0. The number of anilines is 1. The summed E-state index contributed by atoms with van der Waals surface area (Å²) >= 11 is 0. The van der Waals surface area contributed by atoms with Crippen LogP contribution in [-0.4, -0.2) is 74.1 Å². The van der Waals surface area contributed by atoms with E-state index in [0.29, 0.717) is 16.5 Å². The number of hydrogen-bond acceptors (Lipinski definition) is 8. The molecule has 1 saturated heterocycles. The van der Waals surface area contributed by atoms with Gasteiger partial charge in [-0.25, -0.2) is 18.5 Å². The summed E-state index contributed by atoms with van der Waals surface area (Å²) in [5.41, 5.74) is -0.817. The molecule has 0 spiro atoms.